The van der Waals surface area contributed by atoms with Gasteiger partial charge in [0.1, 0.15) is 0 Å². The second kappa shape index (κ2) is 5.01. The van der Waals surface area contributed by atoms with E-state index >= 15 is 0 Å². The molecule has 1 aromatic rings. The van der Waals surface area contributed by atoms with Gasteiger partial charge in [-0.15, -0.1) is 11.8 Å². The first-order valence-electron chi connectivity index (χ1n) is 6.05. The third kappa shape index (κ3) is 3.41. The summed E-state index contributed by atoms with van der Waals surface area (Å²) in [5, 5.41) is 12.9. The molecule has 1 aliphatic rings. The van der Waals surface area contributed by atoms with Gasteiger partial charge in [0, 0.05) is 22.4 Å². The highest BCUT2D eigenvalue weighted by atomic mass is 32.2. The van der Waals surface area contributed by atoms with Crippen molar-refractivity contribution < 1.29 is 0 Å². The minimum atomic E-state index is -0.0780. The average molecular weight is 246 g/mol. The van der Waals surface area contributed by atoms with Crippen LogP contribution in [0.1, 0.15) is 26.7 Å². The highest BCUT2D eigenvalue weighted by molar-refractivity contribution is 7.99. The van der Waals surface area contributed by atoms with E-state index in [0.29, 0.717) is 5.25 Å². The summed E-state index contributed by atoms with van der Waals surface area (Å²) in [6.07, 6.45) is 2.08. The van der Waals surface area contributed by atoms with Gasteiger partial charge in [0.05, 0.1) is 11.5 Å². The maximum Gasteiger partial charge on any atom is 0.0747 e. The van der Waals surface area contributed by atoms with Gasteiger partial charge in [0.15, 0.2) is 0 Å². The lowest BCUT2D eigenvalue weighted by Crippen LogP contribution is -2.13. The van der Waals surface area contributed by atoms with Crippen LogP contribution in [0.4, 0.5) is 5.69 Å². The van der Waals surface area contributed by atoms with E-state index in [1.165, 1.54) is 4.90 Å². The summed E-state index contributed by atoms with van der Waals surface area (Å²) in [5.41, 5.74) is 1.03. The summed E-state index contributed by atoms with van der Waals surface area (Å²) in [6.45, 7) is 5.17. The fraction of sp³-hybridized carbons (Fsp3) is 0.500. The fourth-order valence-corrected chi connectivity index (χ4v) is 2.51. The van der Waals surface area contributed by atoms with Crippen molar-refractivity contribution in [2.24, 2.45) is 5.41 Å². The van der Waals surface area contributed by atoms with Crippen LogP contribution in [0.3, 0.4) is 0 Å². The first kappa shape index (κ1) is 12.3. The molecule has 1 aromatic carbocycles. The van der Waals surface area contributed by atoms with Crippen LogP contribution in [0, 0.1) is 16.7 Å². The number of hydrogen-bond acceptors (Lipinski definition) is 3. The Kier molecular flexibility index (Phi) is 3.63. The van der Waals surface area contributed by atoms with E-state index in [0.717, 1.165) is 25.1 Å². The first-order valence-corrected chi connectivity index (χ1v) is 6.93. The van der Waals surface area contributed by atoms with Crippen molar-refractivity contribution >= 4 is 17.4 Å². The van der Waals surface area contributed by atoms with Crippen molar-refractivity contribution in [3.8, 4) is 6.07 Å². The van der Waals surface area contributed by atoms with Crippen molar-refractivity contribution in [3.05, 3.63) is 24.3 Å². The van der Waals surface area contributed by atoms with Crippen LogP contribution in [-0.4, -0.2) is 11.8 Å². The van der Waals surface area contributed by atoms with E-state index in [-0.39, 0.29) is 5.41 Å². The maximum atomic E-state index is 8.98. The zero-order chi connectivity index (χ0) is 12.3. The fourth-order valence-electron chi connectivity index (χ4n) is 1.67. The molecule has 0 radical (unpaired) electrons. The molecule has 0 aromatic heterocycles. The summed E-state index contributed by atoms with van der Waals surface area (Å²) >= 11 is 1.87. The Labute approximate surface area is 107 Å². The number of nitriles is 1. The lowest BCUT2D eigenvalue weighted by Gasteiger charge is -2.10. The van der Waals surface area contributed by atoms with Crippen molar-refractivity contribution in [2.75, 3.05) is 11.9 Å². The zero-order valence-corrected chi connectivity index (χ0v) is 11.2. The molecular formula is C14H18N2S. The number of hydrogen-bond donors (Lipinski definition) is 1. The van der Waals surface area contributed by atoms with Gasteiger partial charge in [-0.05, 0) is 37.1 Å². The van der Waals surface area contributed by atoms with Crippen molar-refractivity contribution in [2.45, 2.75) is 36.8 Å². The van der Waals surface area contributed by atoms with Gasteiger partial charge in [-0.1, -0.05) is 13.8 Å². The number of rotatable bonds is 5. The number of benzene rings is 1. The maximum absolute atomic E-state index is 8.98. The third-order valence-electron chi connectivity index (χ3n) is 2.95. The second-order valence-corrected chi connectivity index (χ2v) is 6.59. The molecule has 1 saturated carbocycles. The van der Waals surface area contributed by atoms with Gasteiger partial charge in [-0.2, -0.15) is 5.26 Å². The van der Waals surface area contributed by atoms with Crippen LogP contribution >= 0.6 is 11.8 Å². The first-order chi connectivity index (χ1) is 8.13. The average Bonchev–Trinajstić information content (AvgIpc) is 3.08. The van der Waals surface area contributed by atoms with Crippen LogP contribution in [0.2, 0.25) is 0 Å². The van der Waals surface area contributed by atoms with Gasteiger partial charge in [0.2, 0.25) is 0 Å². The molecule has 0 amide bonds. The third-order valence-corrected chi connectivity index (χ3v) is 3.96. The molecule has 17 heavy (non-hydrogen) atoms. The molecule has 0 unspecified atom stereocenters. The molecule has 0 spiro atoms. The number of nitrogens with one attached hydrogen (secondary N) is 1. The summed E-state index contributed by atoms with van der Waals surface area (Å²) < 4.78 is 0. The molecule has 3 heteroatoms. The molecule has 0 bridgehead atoms. The normalized spacial score (nSPS) is 16.6. The summed E-state index contributed by atoms with van der Waals surface area (Å²) in [4.78, 5) is 1.30. The van der Waals surface area contributed by atoms with E-state index in [1.807, 2.05) is 11.8 Å². The summed E-state index contributed by atoms with van der Waals surface area (Å²) in [6, 6.07) is 10.9. The molecule has 0 atom stereocenters. The lowest BCUT2D eigenvalue weighted by atomic mass is 10.1. The van der Waals surface area contributed by atoms with Crippen molar-refractivity contribution in [1.82, 2.24) is 0 Å². The molecule has 1 fully saturated rings. The van der Waals surface area contributed by atoms with Crippen LogP contribution in [0.15, 0.2) is 29.2 Å². The van der Waals surface area contributed by atoms with Gasteiger partial charge in [-0.25, -0.2) is 0 Å². The van der Waals surface area contributed by atoms with E-state index in [1.54, 1.807) is 0 Å². The molecule has 0 saturated heterocycles. The standard InChI is InChI=1S/C14H18N2S/c1-11(2)17-13-5-3-12(4-6-13)16-10-14(9-15)7-8-14/h3-6,11,16H,7-8,10H2,1-2H3. The zero-order valence-electron chi connectivity index (χ0n) is 10.4. The Morgan fingerprint density at radius 3 is 2.47 bits per heavy atom. The molecule has 90 valence electrons. The number of anilines is 1. The monoisotopic (exact) mass is 246 g/mol. The second-order valence-electron chi connectivity index (χ2n) is 4.94. The SMILES string of the molecule is CC(C)Sc1ccc(NCC2(C#N)CC2)cc1. The van der Waals surface area contributed by atoms with Gasteiger partial charge < -0.3 is 5.32 Å². The van der Waals surface area contributed by atoms with Gasteiger partial charge >= 0.3 is 0 Å². The summed E-state index contributed by atoms with van der Waals surface area (Å²) in [7, 11) is 0. The Morgan fingerprint density at radius 2 is 2.00 bits per heavy atom. The van der Waals surface area contributed by atoms with Gasteiger partial charge in [-0.3, -0.25) is 0 Å². The van der Waals surface area contributed by atoms with E-state index in [9.17, 15) is 0 Å². The smallest absolute Gasteiger partial charge is 0.0747 e. The van der Waals surface area contributed by atoms with Crippen LogP contribution in [0.25, 0.3) is 0 Å². The van der Waals surface area contributed by atoms with Crippen molar-refractivity contribution in [3.63, 3.8) is 0 Å². The van der Waals surface area contributed by atoms with Crippen LogP contribution in [0.5, 0.6) is 0 Å². The Hall–Kier alpha value is -1.14. The predicted octanol–water partition coefficient (Wildman–Crippen LogP) is 3.90. The quantitative estimate of drug-likeness (QED) is 0.800. The van der Waals surface area contributed by atoms with E-state index in [2.05, 4.69) is 49.5 Å². The largest absolute Gasteiger partial charge is 0.383 e. The molecule has 0 aliphatic heterocycles. The minimum Gasteiger partial charge on any atom is -0.383 e. The van der Waals surface area contributed by atoms with Crippen molar-refractivity contribution in [1.29, 1.82) is 5.26 Å². The van der Waals surface area contributed by atoms with Crippen LogP contribution < -0.4 is 5.32 Å². The number of nitrogens with zero attached hydrogens (tertiary/aromatic N) is 1. The highest BCUT2D eigenvalue weighted by Crippen LogP contribution is 2.44. The van der Waals surface area contributed by atoms with Gasteiger partial charge in [0.25, 0.3) is 0 Å². The van der Waals surface area contributed by atoms with E-state index < -0.39 is 0 Å². The Bertz CT molecular complexity index is 413. The topological polar surface area (TPSA) is 35.8 Å². The molecular weight excluding hydrogens is 228 g/mol. The Balaban J connectivity index is 1.88. The minimum absolute atomic E-state index is 0.0780. The molecule has 1 N–H and O–H groups in total. The predicted molar refractivity (Wildman–Crippen MR) is 73.2 cm³/mol. The highest BCUT2D eigenvalue weighted by Gasteiger charge is 2.42. The summed E-state index contributed by atoms with van der Waals surface area (Å²) in [5.74, 6) is 0. The molecule has 2 nitrogen and oxygen atoms in total. The molecule has 2 rings (SSSR count). The van der Waals surface area contributed by atoms with E-state index in [4.69, 9.17) is 5.26 Å². The lowest BCUT2D eigenvalue weighted by molar-refractivity contribution is 0.711. The number of thioether (sulfide) groups is 1. The molecule has 0 heterocycles. The van der Waals surface area contributed by atoms with Crippen LogP contribution in [-0.2, 0) is 0 Å². The molecule has 1 aliphatic carbocycles. The Morgan fingerprint density at radius 1 is 1.35 bits per heavy atom.